The maximum atomic E-state index is 13.8. The van der Waals surface area contributed by atoms with Crippen molar-refractivity contribution in [1.29, 1.82) is 0 Å². The number of nitrogen functional groups attached to an aromatic ring is 1. The summed E-state index contributed by atoms with van der Waals surface area (Å²) in [6.45, 7) is 2.52. The number of benzene rings is 1. The Kier molecular flexibility index (Phi) is 4.11. The van der Waals surface area contributed by atoms with Crippen molar-refractivity contribution < 1.29 is 14.1 Å². The Morgan fingerprint density at radius 3 is 2.71 bits per heavy atom. The lowest BCUT2D eigenvalue weighted by atomic mass is 10.0. The Morgan fingerprint density at radius 1 is 1.52 bits per heavy atom. The van der Waals surface area contributed by atoms with E-state index in [2.05, 4.69) is 12.2 Å². The van der Waals surface area contributed by atoms with Crippen LogP contribution in [-0.4, -0.2) is 17.4 Å². The fourth-order valence-electron chi connectivity index (χ4n) is 2.55. The average molecular weight is 295 g/mol. The highest BCUT2D eigenvalue weighted by Crippen LogP contribution is 2.49. The highest BCUT2D eigenvalue weighted by Gasteiger charge is 2.41. The topological polar surface area (TPSA) is 98.3 Å². The highest BCUT2D eigenvalue weighted by atomic mass is 19.1. The largest absolute Gasteiger partial charge is 0.392 e. The predicted octanol–water partition coefficient (Wildman–Crippen LogP) is 2.63. The van der Waals surface area contributed by atoms with Crippen LogP contribution < -0.4 is 11.1 Å². The molecular weight excluding hydrogens is 277 g/mol. The Morgan fingerprint density at radius 2 is 2.19 bits per heavy atom. The number of carbonyl (C=O) groups excluding carboxylic acids is 1. The molecule has 0 atom stereocenters. The summed E-state index contributed by atoms with van der Waals surface area (Å²) >= 11 is 0. The van der Waals surface area contributed by atoms with Crippen LogP contribution in [0.5, 0.6) is 0 Å². The SMILES string of the molecule is CCCC1(CNC(=O)c2c(F)ccc([N+](=O)[O-])c2N)CC1. The molecule has 0 spiro atoms. The minimum atomic E-state index is -0.851. The minimum absolute atomic E-state index is 0.108. The number of nitro groups is 1. The number of anilines is 1. The molecule has 1 fully saturated rings. The van der Waals surface area contributed by atoms with Crippen LogP contribution in [0, 0.1) is 21.3 Å². The number of hydrogen-bond donors (Lipinski definition) is 2. The number of nitrogens with zero attached hydrogens (tertiary/aromatic N) is 1. The molecule has 1 amide bonds. The molecule has 0 aromatic heterocycles. The lowest BCUT2D eigenvalue weighted by Crippen LogP contribution is -2.31. The zero-order chi connectivity index (χ0) is 15.6. The summed E-state index contributed by atoms with van der Waals surface area (Å²) in [5.41, 5.74) is 4.32. The molecule has 0 saturated heterocycles. The minimum Gasteiger partial charge on any atom is -0.392 e. The second-order valence-electron chi connectivity index (χ2n) is 5.54. The lowest BCUT2D eigenvalue weighted by Gasteiger charge is -2.15. The Bertz CT molecular complexity index is 585. The molecule has 6 nitrogen and oxygen atoms in total. The molecule has 2 rings (SSSR count). The number of amides is 1. The first-order valence-electron chi connectivity index (χ1n) is 6.91. The van der Waals surface area contributed by atoms with E-state index in [1.807, 2.05) is 0 Å². The predicted molar refractivity (Wildman–Crippen MR) is 76.4 cm³/mol. The van der Waals surface area contributed by atoms with Crippen molar-refractivity contribution in [2.45, 2.75) is 32.6 Å². The summed E-state index contributed by atoms with van der Waals surface area (Å²) in [6, 6.07) is 1.85. The van der Waals surface area contributed by atoms with E-state index in [-0.39, 0.29) is 5.41 Å². The van der Waals surface area contributed by atoms with Gasteiger partial charge in [-0.1, -0.05) is 13.3 Å². The number of halogens is 1. The smallest absolute Gasteiger partial charge is 0.293 e. The van der Waals surface area contributed by atoms with E-state index in [4.69, 9.17) is 5.73 Å². The van der Waals surface area contributed by atoms with Gasteiger partial charge in [0.05, 0.1) is 4.92 Å². The van der Waals surface area contributed by atoms with Gasteiger partial charge in [-0.15, -0.1) is 0 Å². The monoisotopic (exact) mass is 295 g/mol. The summed E-state index contributed by atoms with van der Waals surface area (Å²) < 4.78 is 13.8. The van der Waals surface area contributed by atoms with Gasteiger partial charge in [0.2, 0.25) is 0 Å². The second kappa shape index (κ2) is 5.67. The van der Waals surface area contributed by atoms with Gasteiger partial charge >= 0.3 is 0 Å². The molecule has 0 unspecified atom stereocenters. The highest BCUT2D eigenvalue weighted by molar-refractivity contribution is 6.01. The molecule has 0 heterocycles. The van der Waals surface area contributed by atoms with Gasteiger partial charge in [0.15, 0.2) is 0 Å². The Balaban J connectivity index is 2.16. The van der Waals surface area contributed by atoms with E-state index in [0.717, 1.165) is 37.8 Å². The molecular formula is C14H18FN3O3. The molecule has 114 valence electrons. The van der Waals surface area contributed by atoms with Crippen LogP contribution >= 0.6 is 0 Å². The number of rotatable bonds is 6. The Hall–Kier alpha value is -2.18. The van der Waals surface area contributed by atoms with Gasteiger partial charge in [-0.25, -0.2) is 4.39 Å². The maximum absolute atomic E-state index is 13.8. The first-order chi connectivity index (χ1) is 9.90. The quantitative estimate of drug-likeness (QED) is 0.479. The molecule has 1 aliphatic rings. The molecule has 7 heteroatoms. The standard InChI is InChI=1S/C14H18FN3O3/c1-2-5-14(6-7-14)8-17-13(19)11-9(15)3-4-10(12(11)16)18(20)21/h3-4H,2,5-8,16H2,1H3,(H,17,19). The van der Waals surface area contributed by atoms with E-state index >= 15 is 0 Å². The van der Waals surface area contributed by atoms with Crippen molar-refractivity contribution in [3.05, 3.63) is 33.6 Å². The van der Waals surface area contributed by atoms with E-state index in [1.165, 1.54) is 0 Å². The summed E-state index contributed by atoms with van der Waals surface area (Å²) in [4.78, 5) is 22.1. The van der Waals surface area contributed by atoms with E-state index < -0.39 is 33.6 Å². The van der Waals surface area contributed by atoms with Gasteiger partial charge in [0.1, 0.15) is 17.1 Å². The first kappa shape index (κ1) is 15.2. The number of nitrogens with two attached hydrogens (primary N) is 1. The fraction of sp³-hybridized carbons (Fsp3) is 0.500. The zero-order valence-corrected chi connectivity index (χ0v) is 11.8. The van der Waals surface area contributed by atoms with Gasteiger partial charge in [-0.3, -0.25) is 14.9 Å². The van der Waals surface area contributed by atoms with Crippen molar-refractivity contribution in [3.63, 3.8) is 0 Å². The summed E-state index contributed by atoms with van der Waals surface area (Å²) in [6.07, 6.45) is 4.09. The summed E-state index contributed by atoms with van der Waals surface area (Å²) in [5, 5.41) is 13.4. The van der Waals surface area contributed by atoms with E-state index in [1.54, 1.807) is 0 Å². The van der Waals surface area contributed by atoms with Crippen molar-refractivity contribution >= 4 is 17.3 Å². The summed E-state index contributed by atoms with van der Waals surface area (Å²) in [5.74, 6) is -1.55. The van der Waals surface area contributed by atoms with Crippen LogP contribution in [0.1, 0.15) is 43.0 Å². The first-order valence-corrected chi connectivity index (χ1v) is 6.91. The van der Waals surface area contributed by atoms with Crippen molar-refractivity contribution in [2.24, 2.45) is 5.41 Å². The number of hydrogen-bond acceptors (Lipinski definition) is 4. The van der Waals surface area contributed by atoms with E-state index in [0.29, 0.717) is 6.54 Å². The lowest BCUT2D eigenvalue weighted by molar-refractivity contribution is -0.384. The van der Waals surface area contributed by atoms with Crippen molar-refractivity contribution in [1.82, 2.24) is 5.32 Å². The zero-order valence-electron chi connectivity index (χ0n) is 11.8. The van der Waals surface area contributed by atoms with Crippen LogP contribution in [0.15, 0.2) is 12.1 Å². The molecule has 0 bridgehead atoms. The molecule has 0 aliphatic heterocycles. The number of nitro benzene ring substituents is 1. The van der Waals surface area contributed by atoms with Gasteiger partial charge in [0, 0.05) is 12.6 Å². The van der Waals surface area contributed by atoms with Gasteiger partial charge in [-0.05, 0) is 30.7 Å². The third-order valence-corrected chi connectivity index (χ3v) is 3.96. The van der Waals surface area contributed by atoms with Crippen LogP contribution in [0.25, 0.3) is 0 Å². The van der Waals surface area contributed by atoms with Gasteiger partial charge in [0.25, 0.3) is 11.6 Å². The second-order valence-corrected chi connectivity index (χ2v) is 5.54. The van der Waals surface area contributed by atoms with Crippen LogP contribution in [0.2, 0.25) is 0 Å². The normalized spacial score (nSPS) is 15.5. The van der Waals surface area contributed by atoms with E-state index in [9.17, 15) is 19.3 Å². The van der Waals surface area contributed by atoms with Crippen LogP contribution in [-0.2, 0) is 0 Å². The molecule has 21 heavy (non-hydrogen) atoms. The molecule has 1 aliphatic carbocycles. The summed E-state index contributed by atoms with van der Waals surface area (Å²) in [7, 11) is 0. The van der Waals surface area contributed by atoms with Crippen molar-refractivity contribution in [2.75, 3.05) is 12.3 Å². The van der Waals surface area contributed by atoms with Crippen LogP contribution in [0.3, 0.4) is 0 Å². The Labute approximate surface area is 121 Å². The number of carbonyl (C=O) groups is 1. The van der Waals surface area contributed by atoms with Gasteiger partial charge < -0.3 is 11.1 Å². The number of nitrogens with one attached hydrogen (secondary N) is 1. The van der Waals surface area contributed by atoms with Gasteiger partial charge in [-0.2, -0.15) is 0 Å². The molecule has 0 radical (unpaired) electrons. The molecule has 1 aromatic carbocycles. The average Bonchev–Trinajstić information content (AvgIpc) is 3.17. The molecule has 1 aromatic rings. The molecule has 3 N–H and O–H groups in total. The third kappa shape index (κ3) is 3.12. The van der Waals surface area contributed by atoms with Crippen LogP contribution in [0.4, 0.5) is 15.8 Å². The third-order valence-electron chi connectivity index (χ3n) is 3.96. The molecule has 1 saturated carbocycles. The maximum Gasteiger partial charge on any atom is 0.293 e. The fourth-order valence-corrected chi connectivity index (χ4v) is 2.55. The van der Waals surface area contributed by atoms with Crippen molar-refractivity contribution in [3.8, 4) is 0 Å².